The number of hydrogen-bond donors (Lipinski definition) is 1. The second-order valence-corrected chi connectivity index (χ2v) is 5.40. The van der Waals surface area contributed by atoms with Gasteiger partial charge in [0.2, 0.25) is 0 Å². The lowest BCUT2D eigenvalue weighted by atomic mass is 9.93. The van der Waals surface area contributed by atoms with Crippen molar-refractivity contribution in [3.63, 3.8) is 0 Å². The second-order valence-electron chi connectivity index (χ2n) is 4.96. The highest BCUT2D eigenvalue weighted by molar-refractivity contribution is 6.30. The van der Waals surface area contributed by atoms with Gasteiger partial charge in [0, 0.05) is 30.2 Å². The normalized spacial score (nSPS) is 12.6. The molecule has 108 valence electrons. The Balaban J connectivity index is 2.12. The third-order valence-corrected chi connectivity index (χ3v) is 3.73. The fraction of sp³-hybridized carbons (Fsp3) is 0.438. The first-order valence-electron chi connectivity index (χ1n) is 7.20. The van der Waals surface area contributed by atoms with Gasteiger partial charge in [0.05, 0.1) is 6.20 Å². The van der Waals surface area contributed by atoms with Gasteiger partial charge >= 0.3 is 0 Å². The molecule has 1 atom stereocenters. The minimum Gasteiger partial charge on any atom is -0.316 e. The molecule has 4 heteroatoms. The van der Waals surface area contributed by atoms with E-state index in [1.807, 2.05) is 23.0 Å². The van der Waals surface area contributed by atoms with Crippen molar-refractivity contribution in [3.05, 3.63) is 52.8 Å². The van der Waals surface area contributed by atoms with Gasteiger partial charge in [0.15, 0.2) is 0 Å². The number of nitrogens with zero attached hydrogens (tertiary/aromatic N) is 2. The van der Waals surface area contributed by atoms with Crippen molar-refractivity contribution in [1.29, 1.82) is 0 Å². The second kappa shape index (κ2) is 7.46. The highest BCUT2D eigenvalue weighted by Crippen LogP contribution is 2.22. The van der Waals surface area contributed by atoms with Gasteiger partial charge in [-0.05, 0) is 43.1 Å². The molecule has 0 aliphatic rings. The van der Waals surface area contributed by atoms with Crippen LogP contribution in [0.4, 0.5) is 0 Å². The average molecular weight is 292 g/mol. The molecule has 1 aromatic carbocycles. The smallest absolute Gasteiger partial charge is 0.0521 e. The molecule has 1 N–H and O–H groups in total. The summed E-state index contributed by atoms with van der Waals surface area (Å²) in [5.41, 5.74) is 2.60. The summed E-state index contributed by atoms with van der Waals surface area (Å²) in [6.07, 6.45) is 5.10. The number of nitrogens with one attached hydrogen (secondary N) is 1. The zero-order chi connectivity index (χ0) is 14.4. The van der Waals surface area contributed by atoms with E-state index >= 15 is 0 Å². The molecule has 0 saturated heterocycles. The minimum absolute atomic E-state index is 0.446. The fourth-order valence-corrected chi connectivity index (χ4v) is 2.46. The average Bonchev–Trinajstić information content (AvgIpc) is 2.92. The van der Waals surface area contributed by atoms with Crippen LogP contribution in [-0.4, -0.2) is 22.9 Å². The van der Waals surface area contributed by atoms with Crippen LogP contribution in [0.5, 0.6) is 0 Å². The van der Waals surface area contributed by atoms with Crippen LogP contribution in [0.2, 0.25) is 5.02 Å². The number of halogens is 1. The summed E-state index contributed by atoms with van der Waals surface area (Å²) in [7, 11) is 0. The van der Waals surface area contributed by atoms with E-state index in [9.17, 15) is 0 Å². The molecule has 0 fully saturated rings. The van der Waals surface area contributed by atoms with Crippen molar-refractivity contribution in [2.75, 3.05) is 13.1 Å². The Bertz CT molecular complexity index is 519. The SMILES string of the molecule is CCNCC(Cc1cnn(CC)c1)c1ccc(Cl)cc1. The van der Waals surface area contributed by atoms with Crippen LogP contribution in [-0.2, 0) is 13.0 Å². The van der Waals surface area contributed by atoms with Crippen molar-refractivity contribution in [3.8, 4) is 0 Å². The Morgan fingerprint density at radius 1 is 1.25 bits per heavy atom. The summed E-state index contributed by atoms with van der Waals surface area (Å²) in [6.45, 7) is 7.10. The quantitative estimate of drug-likeness (QED) is 0.846. The lowest BCUT2D eigenvalue weighted by Gasteiger charge is -2.17. The van der Waals surface area contributed by atoms with Gasteiger partial charge in [-0.15, -0.1) is 0 Å². The van der Waals surface area contributed by atoms with Crippen LogP contribution in [0.25, 0.3) is 0 Å². The molecule has 0 aliphatic carbocycles. The molecule has 0 amide bonds. The molecule has 0 bridgehead atoms. The van der Waals surface area contributed by atoms with E-state index in [1.165, 1.54) is 11.1 Å². The molecule has 3 nitrogen and oxygen atoms in total. The van der Waals surface area contributed by atoms with Crippen LogP contribution in [0, 0.1) is 0 Å². The predicted octanol–water partition coefficient (Wildman–Crippen LogP) is 3.49. The lowest BCUT2D eigenvalue weighted by molar-refractivity contribution is 0.594. The largest absolute Gasteiger partial charge is 0.316 e. The van der Waals surface area contributed by atoms with E-state index < -0.39 is 0 Å². The number of aromatic nitrogens is 2. The molecule has 0 radical (unpaired) electrons. The van der Waals surface area contributed by atoms with Crippen molar-refractivity contribution < 1.29 is 0 Å². The first-order valence-corrected chi connectivity index (χ1v) is 7.58. The fourth-order valence-electron chi connectivity index (χ4n) is 2.33. The highest BCUT2D eigenvalue weighted by atomic mass is 35.5. The van der Waals surface area contributed by atoms with Crippen LogP contribution in [0.3, 0.4) is 0 Å². The molecule has 20 heavy (non-hydrogen) atoms. The standard InChI is InChI=1S/C16H22ClN3/c1-3-18-11-15(14-5-7-16(17)8-6-14)9-13-10-19-20(4-2)12-13/h5-8,10,12,15,18H,3-4,9,11H2,1-2H3. The number of benzene rings is 1. The molecule has 1 unspecified atom stereocenters. The van der Waals surface area contributed by atoms with Gasteiger partial charge in [-0.3, -0.25) is 4.68 Å². The maximum atomic E-state index is 5.97. The predicted molar refractivity (Wildman–Crippen MR) is 84.3 cm³/mol. The maximum Gasteiger partial charge on any atom is 0.0521 e. The van der Waals surface area contributed by atoms with Crippen molar-refractivity contribution in [2.45, 2.75) is 32.7 Å². The third-order valence-electron chi connectivity index (χ3n) is 3.47. The van der Waals surface area contributed by atoms with Crippen LogP contribution < -0.4 is 5.32 Å². The van der Waals surface area contributed by atoms with Gasteiger partial charge in [-0.1, -0.05) is 30.7 Å². The summed E-state index contributed by atoms with van der Waals surface area (Å²) in [5, 5.41) is 8.58. The van der Waals surface area contributed by atoms with Crippen LogP contribution in [0.15, 0.2) is 36.7 Å². The van der Waals surface area contributed by atoms with Crippen molar-refractivity contribution in [2.24, 2.45) is 0 Å². The first-order chi connectivity index (χ1) is 9.72. The Kier molecular flexibility index (Phi) is 5.62. The molecule has 0 spiro atoms. The number of hydrogen-bond acceptors (Lipinski definition) is 2. The Labute approximate surface area is 126 Å². The van der Waals surface area contributed by atoms with Crippen molar-refractivity contribution >= 4 is 11.6 Å². The molecule has 0 saturated carbocycles. The van der Waals surface area contributed by atoms with Gasteiger partial charge < -0.3 is 5.32 Å². The van der Waals surface area contributed by atoms with Crippen molar-refractivity contribution in [1.82, 2.24) is 15.1 Å². The zero-order valence-electron chi connectivity index (χ0n) is 12.1. The van der Waals surface area contributed by atoms with E-state index in [4.69, 9.17) is 11.6 Å². The lowest BCUT2D eigenvalue weighted by Crippen LogP contribution is -2.22. The van der Waals surface area contributed by atoms with E-state index in [2.05, 4.69) is 42.6 Å². The maximum absolute atomic E-state index is 5.97. The van der Waals surface area contributed by atoms with E-state index in [0.29, 0.717) is 5.92 Å². The summed E-state index contributed by atoms with van der Waals surface area (Å²) in [6, 6.07) is 8.17. The first kappa shape index (κ1) is 15.1. The molecule has 2 aromatic rings. The summed E-state index contributed by atoms with van der Waals surface area (Å²) < 4.78 is 1.97. The van der Waals surface area contributed by atoms with Gasteiger partial charge in [-0.2, -0.15) is 5.10 Å². The van der Waals surface area contributed by atoms with E-state index in [1.54, 1.807) is 0 Å². The third kappa shape index (κ3) is 4.09. The monoisotopic (exact) mass is 291 g/mol. The molecular formula is C16H22ClN3. The van der Waals surface area contributed by atoms with Gasteiger partial charge in [0.25, 0.3) is 0 Å². The number of aryl methyl sites for hydroxylation is 1. The zero-order valence-corrected chi connectivity index (χ0v) is 12.9. The summed E-state index contributed by atoms with van der Waals surface area (Å²) in [5.74, 6) is 0.446. The number of rotatable bonds is 7. The van der Waals surface area contributed by atoms with E-state index in [0.717, 1.165) is 31.1 Å². The van der Waals surface area contributed by atoms with Gasteiger partial charge in [-0.25, -0.2) is 0 Å². The molecule has 0 aliphatic heterocycles. The van der Waals surface area contributed by atoms with Crippen LogP contribution in [0.1, 0.15) is 30.9 Å². The molecule has 2 rings (SSSR count). The topological polar surface area (TPSA) is 29.9 Å². The molecule has 1 heterocycles. The number of likely N-dealkylation sites (N-methyl/N-ethyl adjacent to an activating group) is 1. The summed E-state index contributed by atoms with van der Waals surface area (Å²) in [4.78, 5) is 0. The highest BCUT2D eigenvalue weighted by Gasteiger charge is 2.13. The van der Waals surface area contributed by atoms with E-state index in [-0.39, 0.29) is 0 Å². The van der Waals surface area contributed by atoms with Crippen LogP contribution >= 0.6 is 11.6 Å². The Morgan fingerprint density at radius 2 is 2.00 bits per heavy atom. The Morgan fingerprint density at radius 3 is 2.60 bits per heavy atom. The molecular weight excluding hydrogens is 270 g/mol. The Hall–Kier alpha value is -1.32. The van der Waals surface area contributed by atoms with Gasteiger partial charge in [0.1, 0.15) is 0 Å². The summed E-state index contributed by atoms with van der Waals surface area (Å²) >= 11 is 5.97. The minimum atomic E-state index is 0.446. The molecule has 1 aromatic heterocycles.